The van der Waals surface area contributed by atoms with Crippen LogP contribution in [0.3, 0.4) is 0 Å². The molecule has 4 aromatic rings. The van der Waals surface area contributed by atoms with Crippen molar-refractivity contribution in [1.82, 2.24) is 24.6 Å². The molecule has 7 heteroatoms. The van der Waals surface area contributed by atoms with Gasteiger partial charge in [-0.3, -0.25) is 9.89 Å². The first-order chi connectivity index (χ1) is 15.1. The van der Waals surface area contributed by atoms with Gasteiger partial charge in [0.2, 0.25) is 0 Å². The van der Waals surface area contributed by atoms with Crippen LogP contribution in [0.4, 0.5) is 0 Å². The second kappa shape index (κ2) is 7.73. The van der Waals surface area contributed by atoms with Crippen LogP contribution in [0.15, 0.2) is 61.1 Å². The van der Waals surface area contributed by atoms with Gasteiger partial charge in [0, 0.05) is 42.7 Å². The lowest BCUT2D eigenvalue weighted by Crippen LogP contribution is -2.34. The first-order valence-electron chi connectivity index (χ1n) is 10.4. The van der Waals surface area contributed by atoms with Crippen molar-refractivity contribution >= 4 is 16.9 Å². The second-order valence-electron chi connectivity index (χ2n) is 8.16. The molecule has 0 bridgehead atoms. The van der Waals surface area contributed by atoms with Crippen LogP contribution in [0, 0.1) is 17.2 Å². The Labute approximate surface area is 179 Å². The number of rotatable bonds is 4. The van der Waals surface area contributed by atoms with Crippen molar-refractivity contribution in [3.63, 3.8) is 0 Å². The Kier molecular flexibility index (Phi) is 4.75. The number of fused-ring (bicyclic) bond motifs is 1. The van der Waals surface area contributed by atoms with Crippen molar-refractivity contribution in [2.45, 2.75) is 25.9 Å². The molecule has 0 saturated carbocycles. The van der Waals surface area contributed by atoms with Crippen molar-refractivity contribution in [3.05, 3.63) is 72.2 Å². The number of hydrogen-bond donors (Lipinski definition) is 1. The molecular formula is C24H22N6O. The molecule has 0 aliphatic carbocycles. The summed E-state index contributed by atoms with van der Waals surface area (Å²) < 4.78 is 2.23. The summed E-state index contributed by atoms with van der Waals surface area (Å²) in [5.41, 5.74) is 4.99. The molecule has 0 spiro atoms. The van der Waals surface area contributed by atoms with E-state index in [0.29, 0.717) is 23.6 Å². The van der Waals surface area contributed by atoms with E-state index in [1.54, 1.807) is 30.5 Å². The van der Waals surface area contributed by atoms with E-state index >= 15 is 0 Å². The molecule has 154 valence electrons. The number of hydrogen-bond acceptors (Lipinski definition) is 4. The number of nitrogens with one attached hydrogen (secondary N) is 1. The number of aromatic nitrogens is 4. The number of H-pyrrole nitrogens is 1. The largest absolute Gasteiger partial charge is 0.346 e. The van der Waals surface area contributed by atoms with Crippen LogP contribution in [-0.2, 0) is 6.54 Å². The third-order valence-electron chi connectivity index (χ3n) is 6.03. The predicted octanol–water partition coefficient (Wildman–Crippen LogP) is 3.85. The third-order valence-corrected chi connectivity index (χ3v) is 6.03. The minimum absolute atomic E-state index is 0.00381. The molecule has 1 aromatic carbocycles. The van der Waals surface area contributed by atoms with E-state index in [-0.39, 0.29) is 11.9 Å². The molecule has 1 N–H and O–H groups in total. The summed E-state index contributed by atoms with van der Waals surface area (Å²) in [4.78, 5) is 19.7. The van der Waals surface area contributed by atoms with Gasteiger partial charge in [-0.15, -0.1) is 0 Å². The van der Waals surface area contributed by atoms with Crippen LogP contribution in [0.1, 0.15) is 29.3 Å². The summed E-state index contributed by atoms with van der Waals surface area (Å²) >= 11 is 0. The van der Waals surface area contributed by atoms with Crippen LogP contribution in [-0.4, -0.2) is 43.1 Å². The first kappa shape index (κ1) is 19.1. The van der Waals surface area contributed by atoms with Crippen LogP contribution in [0.25, 0.3) is 22.3 Å². The van der Waals surface area contributed by atoms with Gasteiger partial charge in [0.05, 0.1) is 34.6 Å². The van der Waals surface area contributed by atoms with Gasteiger partial charge in [0.15, 0.2) is 0 Å². The number of carbonyl (C=O) groups excluding carboxylic acids is 1. The normalized spacial score (nSPS) is 18.4. The first-order valence-corrected chi connectivity index (χ1v) is 10.4. The molecule has 1 unspecified atom stereocenters. The maximum atomic E-state index is 13.0. The van der Waals surface area contributed by atoms with Crippen LogP contribution in [0.5, 0.6) is 0 Å². The Balaban J connectivity index is 1.32. The van der Waals surface area contributed by atoms with Gasteiger partial charge in [-0.05, 0) is 55.7 Å². The highest BCUT2D eigenvalue weighted by Gasteiger charge is 2.33. The number of likely N-dealkylation sites (tertiary alicyclic amines) is 1. The fourth-order valence-electron chi connectivity index (χ4n) is 4.51. The molecule has 1 amide bonds. The quantitative estimate of drug-likeness (QED) is 0.553. The van der Waals surface area contributed by atoms with E-state index in [2.05, 4.69) is 40.0 Å². The highest BCUT2D eigenvalue weighted by atomic mass is 16.2. The van der Waals surface area contributed by atoms with Gasteiger partial charge in [-0.1, -0.05) is 6.07 Å². The molecule has 2 atom stereocenters. The summed E-state index contributed by atoms with van der Waals surface area (Å²) in [5.74, 6) is 0.359. The summed E-state index contributed by atoms with van der Waals surface area (Å²) in [6.07, 6.45) is 6.62. The van der Waals surface area contributed by atoms with E-state index < -0.39 is 0 Å². The molecule has 3 aromatic heterocycles. The van der Waals surface area contributed by atoms with Crippen LogP contribution < -0.4 is 0 Å². The Bertz CT molecular complexity index is 1280. The molecule has 1 aliphatic heterocycles. The second-order valence-corrected chi connectivity index (χ2v) is 8.16. The molecule has 1 saturated heterocycles. The van der Waals surface area contributed by atoms with Crippen molar-refractivity contribution in [1.29, 1.82) is 5.26 Å². The molecule has 4 heterocycles. The Morgan fingerprint density at radius 3 is 3.00 bits per heavy atom. The zero-order valence-electron chi connectivity index (χ0n) is 17.2. The van der Waals surface area contributed by atoms with E-state index in [1.165, 1.54) is 0 Å². The maximum absolute atomic E-state index is 13.0. The van der Waals surface area contributed by atoms with E-state index in [1.807, 2.05) is 23.2 Å². The van der Waals surface area contributed by atoms with Gasteiger partial charge < -0.3 is 9.47 Å². The van der Waals surface area contributed by atoms with Gasteiger partial charge in [0.1, 0.15) is 0 Å². The lowest BCUT2D eigenvalue weighted by molar-refractivity contribution is 0.0742. The molecule has 1 aliphatic rings. The molecular weight excluding hydrogens is 388 g/mol. The molecule has 0 radical (unpaired) electrons. The number of aromatic amines is 1. The lowest BCUT2D eigenvalue weighted by Gasteiger charge is -2.21. The van der Waals surface area contributed by atoms with Crippen molar-refractivity contribution in [2.75, 3.05) is 6.54 Å². The molecule has 5 rings (SSSR count). The van der Waals surface area contributed by atoms with Crippen molar-refractivity contribution in [3.8, 4) is 17.3 Å². The topological polar surface area (TPSA) is 90.6 Å². The Morgan fingerprint density at radius 2 is 2.19 bits per heavy atom. The zero-order valence-corrected chi connectivity index (χ0v) is 17.2. The SMILES string of the molecule is C[C@H]1CC(Cn2ccc3nc(-c4cn[nH]c4)ccc32)CN1C(=O)c1cccc(C#N)c1. The lowest BCUT2D eigenvalue weighted by atomic mass is 10.1. The van der Waals surface area contributed by atoms with Crippen LogP contribution in [0.2, 0.25) is 0 Å². The number of benzene rings is 1. The fourth-order valence-corrected chi connectivity index (χ4v) is 4.51. The minimum atomic E-state index is -0.00381. The Hall–Kier alpha value is -3.92. The average Bonchev–Trinajstić information content (AvgIpc) is 3.54. The summed E-state index contributed by atoms with van der Waals surface area (Å²) in [6.45, 7) is 3.64. The van der Waals surface area contributed by atoms with Gasteiger partial charge in [-0.25, -0.2) is 4.98 Å². The van der Waals surface area contributed by atoms with Gasteiger partial charge >= 0.3 is 0 Å². The van der Waals surface area contributed by atoms with Crippen LogP contribution >= 0.6 is 0 Å². The summed E-state index contributed by atoms with van der Waals surface area (Å²) in [6, 6.07) is 15.4. The maximum Gasteiger partial charge on any atom is 0.254 e. The number of amides is 1. The predicted molar refractivity (Wildman–Crippen MR) is 117 cm³/mol. The number of nitrogens with zero attached hydrogens (tertiary/aromatic N) is 5. The standard InChI is InChI=1S/C24H22N6O/c1-16-9-18(15-30(16)24(31)19-4-2-3-17(10-19)11-25)14-29-8-7-22-23(29)6-5-21(28-22)20-12-26-27-13-20/h2-8,10,12-13,16,18H,9,14-15H2,1H3,(H,26,27)/t16-,18?/m0/s1. The van der Waals surface area contributed by atoms with E-state index in [0.717, 1.165) is 35.3 Å². The van der Waals surface area contributed by atoms with Crippen molar-refractivity contribution < 1.29 is 4.79 Å². The zero-order chi connectivity index (χ0) is 21.4. The van der Waals surface area contributed by atoms with E-state index in [4.69, 9.17) is 10.2 Å². The highest BCUT2D eigenvalue weighted by molar-refractivity contribution is 5.95. The molecule has 1 fully saturated rings. The van der Waals surface area contributed by atoms with Gasteiger partial charge in [0.25, 0.3) is 5.91 Å². The fraction of sp³-hybridized carbons (Fsp3) is 0.250. The third kappa shape index (κ3) is 3.57. The smallest absolute Gasteiger partial charge is 0.254 e. The number of carbonyl (C=O) groups is 1. The van der Waals surface area contributed by atoms with E-state index in [9.17, 15) is 4.79 Å². The minimum Gasteiger partial charge on any atom is -0.346 e. The monoisotopic (exact) mass is 410 g/mol. The molecule has 7 nitrogen and oxygen atoms in total. The highest BCUT2D eigenvalue weighted by Crippen LogP contribution is 2.28. The van der Waals surface area contributed by atoms with Crippen molar-refractivity contribution in [2.24, 2.45) is 5.92 Å². The number of nitriles is 1. The average molecular weight is 410 g/mol. The number of pyridine rings is 1. The Morgan fingerprint density at radius 1 is 1.29 bits per heavy atom. The summed E-state index contributed by atoms with van der Waals surface area (Å²) in [5, 5.41) is 15.9. The van der Waals surface area contributed by atoms with Gasteiger partial charge in [-0.2, -0.15) is 10.4 Å². The summed E-state index contributed by atoms with van der Waals surface area (Å²) in [7, 11) is 0. The molecule has 31 heavy (non-hydrogen) atoms.